The normalized spacial score (nSPS) is 11.8. The topological polar surface area (TPSA) is 78.9 Å². The SMILES string of the molecule is CCOC(=O)/C=C\C(=O)OC(CC)C(=O)Oc1ccc(Br)cc1. The van der Waals surface area contributed by atoms with Crippen LogP contribution in [-0.4, -0.2) is 30.6 Å². The van der Waals surface area contributed by atoms with Gasteiger partial charge in [-0.15, -0.1) is 0 Å². The number of hydrogen-bond acceptors (Lipinski definition) is 6. The molecule has 0 aliphatic carbocycles. The van der Waals surface area contributed by atoms with Crippen LogP contribution in [0.25, 0.3) is 0 Å². The number of esters is 3. The molecule has 0 heterocycles. The minimum Gasteiger partial charge on any atom is -0.463 e. The molecule has 0 saturated carbocycles. The molecule has 0 radical (unpaired) electrons. The molecule has 0 saturated heterocycles. The maximum Gasteiger partial charge on any atom is 0.352 e. The molecule has 6 nitrogen and oxygen atoms in total. The van der Waals surface area contributed by atoms with Crippen LogP contribution in [-0.2, 0) is 23.9 Å². The third-order valence-corrected chi connectivity index (χ3v) is 3.09. The number of ether oxygens (including phenoxy) is 3. The van der Waals surface area contributed by atoms with Crippen molar-refractivity contribution in [2.75, 3.05) is 6.61 Å². The summed E-state index contributed by atoms with van der Waals surface area (Å²) in [7, 11) is 0. The van der Waals surface area contributed by atoms with Gasteiger partial charge in [0.25, 0.3) is 0 Å². The first kappa shape index (κ1) is 18.9. The van der Waals surface area contributed by atoms with Crippen LogP contribution in [0.2, 0.25) is 0 Å². The van der Waals surface area contributed by atoms with E-state index in [-0.39, 0.29) is 13.0 Å². The molecule has 1 rings (SSSR count). The van der Waals surface area contributed by atoms with E-state index in [1.54, 1.807) is 38.1 Å². The van der Waals surface area contributed by atoms with Crippen molar-refractivity contribution in [3.8, 4) is 5.75 Å². The maximum atomic E-state index is 12.0. The Kier molecular flexibility index (Phi) is 8.04. The molecule has 0 spiro atoms. The predicted octanol–water partition coefficient (Wildman–Crippen LogP) is 2.80. The minimum absolute atomic E-state index is 0.204. The van der Waals surface area contributed by atoms with Crippen LogP contribution in [0, 0.1) is 0 Å². The smallest absolute Gasteiger partial charge is 0.352 e. The molecular formula is C16H17BrO6. The summed E-state index contributed by atoms with van der Waals surface area (Å²) in [6.45, 7) is 3.53. The Morgan fingerprint density at radius 1 is 1.09 bits per heavy atom. The summed E-state index contributed by atoms with van der Waals surface area (Å²) in [6.07, 6.45) is 1.04. The van der Waals surface area contributed by atoms with E-state index in [1.807, 2.05) is 0 Å². The molecule has 0 amide bonds. The van der Waals surface area contributed by atoms with Gasteiger partial charge in [0.05, 0.1) is 6.61 Å². The number of hydrogen-bond donors (Lipinski definition) is 0. The lowest BCUT2D eigenvalue weighted by Gasteiger charge is -2.14. The monoisotopic (exact) mass is 384 g/mol. The first-order valence-electron chi connectivity index (χ1n) is 6.99. The highest BCUT2D eigenvalue weighted by atomic mass is 79.9. The van der Waals surface area contributed by atoms with Crippen molar-refractivity contribution in [2.45, 2.75) is 26.4 Å². The van der Waals surface area contributed by atoms with Gasteiger partial charge >= 0.3 is 17.9 Å². The number of halogens is 1. The number of carbonyl (C=O) groups is 3. The van der Waals surface area contributed by atoms with Gasteiger partial charge in [-0.2, -0.15) is 0 Å². The van der Waals surface area contributed by atoms with E-state index in [4.69, 9.17) is 9.47 Å². The molecule has 23 heavy (non-hydrogen) atoms. The highest BCUT2D eigenvalue weighted by Gasteiger charge is 2.22. The van der Waals surface area contributed by atoms with Crippen molar-refractivity contribution < 1.29 is 28.6 Å². The summed E-state index contributed by atoms with van der Waals surface area (Å²) in [4.78, 5) is 34.7. The Morgan fingerprint density at radius 3 is 2.26 bits per heavy atom. The van der Waals surface area contributed by atoms with Crippen LogP contribution >= 0.6 is 15.9 Å². The first-order chi connectivity index (χ1) is 11.0. The zero-order valence-corrected chi connectivity index (χ0v) is 14.4. The summed E-state index contributed by atoms with van der Waals surface area (Å²) >= 11 is 3.27. The van der Waals surface area contributed by atoms with Gasteiger partial charge < -0.3 is 14.2 Å². The van der Waals surface area contributed by atoms with Gasteiger partial charge in [-0.05, 0) is 37.6 Å². The summed E-state index contributed by atoms with van der Waals surface area (Å²) in [6, 6.07) is 6.66. The Labute approximate surface area is 142 Å². The fourth-order valence-corrected chi connectivity index (χ4v) is 1.75. The first-order valence-corrected chi connectivity index (χ1v) is 7.78. The highest BCUT2D eigenvalue weighted by Crippen LogP contribution is 2.17. The van der Waals surface area contributed by atoms with E-state index in [0.29, 0.717) is 5.75 Å². The summed E-state index contributed by atoms with van der Waals surface area (Å²) in [5.74, 6) is -1.82. The lowest BCUT2D eigenvalue weighted by atomic mass is 10.3. The van der Waals surface area contributed by atoms with Crippen LogP contribution in [0.1, 0.15) is 20.3 Å². The predicted molar refractivity (Wildman–Crippen MR) is 85.7 cm³/mol. The van der Waals surface area contributed by atoms with Gasteiger partial charge in [-0.3, -0.25) is 0 Å². The second-order valence-corrected chi connectivity index (χ2v) is 5.21. The number of carbonyl (C=O) groups excluding carboxylic acids is 3. The average Bonchev–Trinajstić information content (AvgIpc) is 2.53. The number of benzene rings is 1. The van der Waals surface area contributed by atoms with E-state index in [2.05, 4.69) is 20.7 Å². The van der Waals surface area contributed by atoms with Crippen molar-refractivity contribution >= 4 is 33.8 Å². The van der Waals surface area contributed by atoms with Crippen molar-refractivity contribution in [1.29, 1.82) is 0 Å². The quantitative estimate of drug-likeness (QED) is 0.408. The third kappa shape index (κ3) is 7.10. The Balaban J connectivity index is 2.58. The Hall–Kier alpha value is -2.15. The third-order valence-electron chi connectivity index (χ3n) is 2.57. The van der Waals surface area contributed by atoms with Gasteiger partial charge in [0.15, 0.2) is 6.10 Å². The molecule has 0 aromatic heterocycles. The molecule has 0 aliphatic rings. The molecule has 0 N–H and O–H groups in total. The molecule has 0 bridgehead atoms. The van der Waals surface area contributed by atoms with E-state index < -0.39 is 24.0 Å². The van der Waals surface area contributed by atoms with Crippen LogP contribution in [0.4, 0.5) is 0 Å². The summed E-state index contributed by atoms with van der Waals surface area (Å²) in [5.41, 5.74) is 0. The second kappa shape index (κ2) is 9.78. The van der Waals surface area contributed by atoms with Crippen LogP contribution in [0.15, 0.2) is 40.9 Å². The Bertz CT molecular complexity index is 579. The molecule has 0 fully saturated rings. The Morgan fingerprint density at radius 2 is 1.70 bits per heavy atom. The molecule has 124 valence electrons. The molecule has 0 aliphatic heterocycles. The van der Waals surface area contributed by atoms with Gasteiger partial charge in [0.1, 0.15) is 5.75 Å². The minimum atomic E-state index is -1.06. The van der Waals surface area contributed by atoms with E-state index >= 15 is 0 Å². The van der Waals surface area contributed by atoms with Gasteiger partial charge in [0, 0.05) is 16.6 Å². The lowest BCUT2D eigenvalue weighted by Crippen LogP contribution is -2.30. The molecule has 1 aromatic carbocycles. The fourth-order valence-electron chi connectivity index (χ4n) is 1.49. The standard InChI is InChI=1S/C16H17BrO6/c1-3-13(23-15(19)10-9-14(18)21-4-2)16(20)22-12-7-5-11(17)6-8-12/h5-10,13H,3-4H2,1-2H3/b10-9-. The maximum absolute atomic E-state index is 12.0. The fraction of sp³-hybridized carbons (Fsp3) is 0.312. The van der Waals surface area contributed by atoms with Crippen LogP contribution < -0.4 is 4.74 Å². The molecule has 7 heteroatoms. The van der Waals surface area contributed by atoms with Crippen molar-refractivity contribution in [3.05, 3.63) is 40.9 Å². The largest absolute Gasteiger partial charge is 0.463 e. The van der Waals surface area contributed by atoms with Crippen LogP contribution in [0.3, 0.4) is 0 Å². The second-order valence-electron chi connectivity index (χ2n) is 4.29. The van der Waals surface area contributed by atoms with Crippen LogP contribution in [0.5, 0.6) is 5.75 Å². The summed E-state index contributed by atoms with van der Waals surface area (Å²) < 4.78 is 15.6. The van der Waals surface area contributed by atoms with Gasteiger partial charge in [0.2, 0.25) is 0 Å². The lowest BCUT2D eigenvalue weighted by molar-refractivity contribution is -0.159. The zero-order chi connectivity index (χ0) is 17.2. The van der Waals surface area contributed by atoms with E-state index in [9.17, 15) is 14.4 Å². The zero-order valence-electron chi connectivity index (χ0n) is 12.8. The molecule has 1 atom stereocenters. The van der Waals surface area contributed by atoms with E-state index in [1.165, 1.54) is 0 Å². The van der Waals surface area contributed by atoms with Crippen molar-refractivity contribution in [3.63, 3.8) is 0 Å². The van der Waals surface area contributed by atoms with Crippen molar-refractivity contribution in [2.24, 2.45) is 0 Å². The number of rotatable bonds is 7. The molecule has 1 aromatic rings. The highest BCUT2D eigenvalue weighted by molar-refractivity contribution is 9.10. The molecular weight excluding hydrogens is 368 g/mol. The summed E-state index contributed by atoms with van der Waals surface area (Å²) in [5, 5.41) is 0. The van der Waals surface area contributed by atoms with Gasteiger partial charge in [-0.1, -0.05) is 22.9 Å². The average molecular weight is 385 g/mol. The van der Waals surface area contributed by atoms with E-state index in [0.717, 1.165) is 16.6 Å². The van der Waals surface area contributed by atoms with Gasteiger partial charge in [-0.25, -0.2) is 14.4 Å². The molecule has 1 unspecified atom stereocenters. The van der Waals surface area contributed by atoms with Crippen molar-refractivity contribution in [1.82, 2.24) is 0 Å².